The molecule has 1 atom stereocenters. The molecule has 0 aromatic carbocycles. The van der Waals surface area contributed by atoms with Crippen LogP contribution in [-0.2, 0) is 4.74 Å². The van der Waals surface area contributed by atoms with Crippen molar-refractivity contribution in [1.29, 1.82) is 0 Å². The maximum Gasteiger partial charge on any atom is 0.134 e. The van der Waals surface area contributed by atoms with E-state index < -0.39 is 0 Å². The van der Waals surface area contributed by atoms with Crippen LogP contribution in [0, 0.1) is 0 Å². The van der Waals surface area contributed by atoms with Crippen LogP contribution >= 0.6 is 11.6 Å². The zero-order valence-corrected chi connectivity index (χ0v) is 9.44. The fraction of sp³-hybridized carbons (Fsp3) is 0.600. The molecule has 1 aromatic heterocycles. The Kier molecular flexibility index (Phi) is 3.38. The normalized spacial score (nSPS) is 21.7. The first-order valence-corrected chi connectivity index (χ1v) is 5.51. The van der Waals surface area contributed by atoms with Crippen molar-refractivity contribution < 1.29 is 4.74 Å². The van der Waals surface area contributed by atoms with Crippen molar-refractivity contribution in [3.8, 4) is 0 Å². The Morgan fingerprint density at radius 1 is 1.60 bits per heavy atom. The number of hydrogen-bond acceptors (Lipinski definition) is 4. The fourth-order valence-electron chi connectivity index (χ4n) is 1.67. The SMILES string of the molecule is CCC1CN(c2cc(Cl)ncn2)CCO1. The lowest BCUT2D eigenvalue weighted by Gasteiger charge is -2.33. The van der Waals surface area contributed by atoms with Gasteiger partial charge in [-0.3, -0.25) is 0 Å². The minimum absolute atomic E-state index is 0.299. The molecule has 4 nitrogen and oxygen atoms in total. The summed E-state index contributed by atoms with van der Waals surface area (Å²) in [6.45, 7) is 4.62. The average Bonchev–Trinajstić information content (AvgIpc) is 2.29. The van der Waals surface area contributed by atoms with Gasteiger partial charge in [-0.15, -0.1) is 0 Å². The van der Waals surface area contributed by atoms with Crippen LogP contribution in [0.2, 0.25) is 5.15 Å². The largest absolute Gasteiger partial charge is 0.375 e. The first kappa shape index (κ1) is 10.6. The van der Waals surface area contributed by atoms with E-state index in [9.17, 15) is 0 Å². The van der Waals surface area contributed by atoms with Crippen molar-refractivity contribution in [2.45, 2.75) is 19.4 Å². The molecule has 5 heteroatoms. The predicted molar refractivity (Wildman–Crippen MR) is 59.3 cm³/mol. The number of halogens is 1. The summed E-state index contributed by atoms with van der Waals surface area (Å²) in [7, 11) is 0. The van der Waals surface area contributed by atoms with E-state index in [-0.39, 0.29) is 0 Å². The molecule has 0 amide bonds. The molecule has 1 unspecified atom stereocenters. The molecular formula is C10H14ClN3O. The molecule has 1 aromatic rings. The summed E-state index contributed by atoms with van der Waals surface area (Å²) >= 11 is 5.83. The molecule has 0 spiro atoms. The van der Waals surface area contributed by atoms with E-state index in [1.807, 2.05) is 0 Å². The maximum absolute atomic E-state index is 5.83. The van der Waals surface area contributed by atoms with Gasteiger partial charge in [0.2, 0.25) is 0 Å². The van der Waals surface area contributed by atoms with Gasteiger partial charge in [0, 0.05) is 19.2 Å². The standard InChI is InChI=1S/C10H14ClN3O/c1-2-8-6-14(3-4-15-8)10-5-9(11)12-7-13-10/h5,7-8H,2-4,6H2,1H3. The summed E-state index contributed by atoms with van der Waals surface area (Å²) in [6, 6.07) is 1.79. The summed E-state index contributed by atoms with van der Waals surface area (Å²) in [5, 5.41) is 0.486. The van der Waals surface area contributed by atoms with E-state index in [1.165, 1.54) is 6.33 Å². The number of ether oxygens (including phenoxy) is 1. The van der Waals surface area contributed by atoms with Gasteiger partial charge < -0.3 is 9.64 Å². The van der Waals surface area contributed by atoms with Crippen LogP contribution in [-0.4, -0.2) is 35.8 Å². The van der Waals surface area contributed by atoms with E-state index >= 15 is 0 Å². The highest BCUT2D eigenvalue weighted by Gasteiger charge is 2.19. The van der Waals surface area contributed by atoms with Crippen LogP contribution < -0.4 is 4.90 Å². The second-order valence-electron chi connectivity index (χ2n) is 3.55. The molecular weight excluding hydrogens is 214 g/mol. The molecule has 0 saturated carbocycles. The minimum atomic E-state index is 0.299. The number of anilines is 1. The smallest absolute Gasteiger partial charge is 0.134 e. The Bertz CT molecular complexity index is 334. The third-order valence-corrected chi connectivity index (χ3v) is 2.74. The molecule has 1 aliphatic heterocycles. The van der Waals surface area contributed by atoms with Crippen LogP contribution in [0.15, 0.2) is 12.4 Å². The highest BCUT2D eigenvalue weighted by molar-refractivity contribution is 6.29. The second kappa shape index (κ2) is 4.77. The molecule has 0 bridgehead atoms. The van der Waals surface area contributed by atoms with Crippen LogP contribution in [0.3, 0.4) is 0 Å². The highest BCUT2D eigenvalue weighted by atomic mass is 35.5. The molecule has 1 aliphatic rings. The Morgan fingerprint density at radius 3 is 3.20 bits per heavy atom. The van der Waals surface area contributed by atoms with Crippen molar-refractivity contribution in [1.82, 2.24) is 9.97 Å². The summed E-state index contributed by atoms with van der Waals surface area (Å²) in [4.78, 5) is 10.3. The third-order valence-electron chi connectivity index (χ3n) is 2.54. The molecule has 1 fully saturated rings. The first-order chi connectivity index (χ1) is 7.29. The lowest BCUT2D eigenvalue weighted by atomic mass is 10.2. The summed E-state index contributed by atoms with van der Waals surface area (Å²) in [6.07, 6.45) is 2.82. The van der Waals surface area contributed by atoms with Crippen molar-refractivity contribution in [3.63, 3.8) is 0 Å². The molecule has 15 heavy (non-hydrogen) atoms. The quantitative estimate of drug-likeness (QED) is 0.722. The lowest BCUT2D eigenvalue weighted by Crippen LogP contribution is -2.42. The van der Waals surface area contributed by atoms with E-state index in [0.717, 1.165) is 31.9 Å². The minimum Gasteiger partial charge on any atom is -0.375 e. The zero-order chi connectivity index (χ0) is 10.7. The van der Waals surface area contributed by atoms with Gasteiger partial charge in [-0.05, 0) is 6.42 Å². The lowest BCUT2D eigenvalue weighted by molar-refractivity contribution is 0.0381. The second-order valence-corrected chi connectivity index (χ2v) is 3.93. The van der Waals surface area contributed by atoms with Gasteiger partial charge in [-0.2, -0.15) is 0 Å². The van der Waals surface area contributed by atoms with Gasteiger partial charge in [0.05, 0.1) is 12.7 Å². The van der Waals surface area contributed by atoms with Crippen LogP contribution in [0.1, 0.15) is 13.3 Å². The number of nitrogens with zero attached hydrogens (tertiary/aromatic N) is 3. The third kappa shape index (κ3) is 2.58. The summed E-state index contributed by atoms with van der Waals surface area (Å²) < 4.78 is 5.59. The monoisotopic (exact) mass is 227 g/mol. The average molecular weight is 228 g/mol. The van der Waals surface area contributed by atoms with E-state index in [1.54, 1.807) is 6.07 Å². The summed E-state index contributed by atoms with van der Waals surface area (Å²) in [5.41, 5.74) is 0. The number of morpholine rings is 1. The molecule has 0 N–H and O–H groups in total. The van der Waals surface area contributed by atoms with Gasteiger partial charge in [0.1, 0.15) is 17.3 Å². The van der Waals surface area contributed by atoms with E-state index in [2.05, 4.69) is 21.8 Å². The van der Waals surface area contributed by atoms with Crippen LogP contribution in [0.5, 0.6) is 0 Å². The Morgan fingerprint density at radius 2 is 2.47 bits per heavy atom. The van der Waals surface area contributed by atoms with Gasteiger partial charge in [0.25, 0.3) is 0 Å². The van der Waals surface area contributed by atoms with E-state index in [4.69, 9.17) is 16.3 Å². The first-order valence-electron chi connectivity index (χ1n) is 5.13. The van der Waals surface area contributed by atoms with Crippen molar-refractivity contribution in [2.75, 3.05) is 24.6 Å². The van der Waals surface area contributed by atoms with Gasteiger partial charge in [-0.25, -0.2) is 9.97 Å². The Hall–Kier alpha value is -0.870. The molecule has 1 saturated heterocycles. The van der Waals surface area contributed by atoms with Crippen LogP contribution in [0.4, 0.5) is 5.82 Å². The zero-order valence-electron chi connectivity index (χ0n) is 8.69. The van der Waals surface area contributed by atoms with Crippen LogP contribution in [0.25, 0.3) is 0 Å². The number of hydrogen-bond donors (Lipinski definition) is 0. The van der Waals surface area contributed by atoms with Crippen molar-refractivity contribution >= 4 is 17.4 Å². The number of rotatable bonds is 2. The van der Waals surface area contributed by atoms with Gasteiger partial charge >= 0.3 is 0 Å². The Labute approximate surface area is 94.2 Å². The molecule has 0 radical (unpaired) electrons. The molecule has 0 aliphatic carbocycles. The van der Waals surface area contributed by atoms with Gasteiger partial charge in [0.15, 0.2) is 0 Å². The summed E-state index contributed by atoms with van der Waals surface area (Å²) in [5.74, 6) is 0.886. The highest BCUT2D eigenvalue weighted by Crippen LogP contribution is 2.18. The Balaban J connectivity index is 2.09. The van der Waals surface area contributed by atoms with Crippen molar-refractivity contribution in [2.24, 2.45) is 0 Å². The van der Waals surface area contributed by atoms with E-state index in [0.29, 0.717) is 11.3 Å². The molecule has 2 rings (SSSR count). The topological polar surface area (TPSA) is 38.2 Å². The molecule has 2 heterocycles. The fourth-order valence-corrected chi connectivity index (χ4v) is 1.81. The van der Waals surface area contributed by atoms with Gasteiger partial charge in [-0.1, -0.05) is 18.5 Å². The predicted octanol–water partition coefficient (Wildman–Crippen LogP) is 1.75. The van der Waals surface area contributed by atoms with Crippen molar-refractivity contribution in [3.05, 3.63) is 17.5 Å². The maximum atomic E-state index is 5.83. The molecule has 82 valence electrons. The number of aromatic nitrogens is 2.